The molecule has 0 amide bonds. The second kappa shape index (κ2) is 6.39. The van der Waals surface area contributed by atoms with E-state index in [1.807, 2.05) is 6.92 Å². The second-order valence-corrected chi connectivity index (χ2v) is 5.76. The average Bonchev–Trinajstić information content (AvgIpc) is 2.29. The van der Waals surface area contributed by atoms with E-state index in [1.54, 1.807) is 0 Å². The van der Waals surface area contributed by atoms with Gasteiger partial charge < -0.3 is 10.1 Å². The van der Waals surface area contributed by atoms with Crippen molar-refractivity contribution in [3.8, 4) is 0 Å². The van der Waals surface area contributed by atoms with Gasteiger partial charge in [0.25, 0.3) is 0 Å². The Balaban J connectivity index is 2.66. The highest BCUT2D eigenvalue weighted by Gasteiger charge is 2.41. The Morgan fingerprint density at radius 1 is 1.41 bits per heavy atom. The largest absolute Gasteiger partial charge is 0.465 e. The van der Waals surface area contributed by atoms with Crippen molar-refractivity contribution in [2.75, 3.05) is 13.2 Å². The van der Waals surface area contributed by atoms with E-state index in [4.69, 9.17) is 4.74 Å². The monoisotopic (exact) mass is 241 g/mol. The summed E-state index contributed by atoms with van der Waals surface area (Å²) in [5, 5.41) is 3.47. The molecule has 100 valence electrons. The van der Waals surface area contributed by atoms with Gasteiger partial charge in [-0.25, -0.2) is 0 Å². The van der Waals surface area contributed by atoms with Crippen molar-refractivity contribution in [3.05, 3.63) is 0 Å². The van der Waals surface area contributed by atoms with E-state index < -0.39 is 5.54 Å². The first-order valence-corrected chi connectivity index (χ1v) is 6.92. The summed E-state index contributed by atoms with van der Waals surface area (Å²) in [4.78, 5) is 12.2. The number of carbonyl (C=O) groups is 1. The lowest BCUT2D eigenvalue weighted by atomic mass is 9.77. The van der Waals surface area contributed by atoms with Gasteiger partial charge in [-0.3, -0.25) is 4.79 Å². The Morgan fingerprint density at radius 2 is 2.00 bits per heavy atom. The fourth-order valence-corrected chi connectivity index (χ4v) is 2.38. The van der Waals surface area contributed by atoms with Crippen molar-refractivity contribution in [1.29, 1.82) is 0 Å². The van der Waals surface area contributed by atoms with Crippen LogP contribution >= 0.6 is 0 Å². The van der Waals surface area contributed by atoms with E-state index in [9.17, 15) is 4.79 Å². The van der Waals surface area contributed by atoms with Crippen molar-refractivity contribution in [2.45, 2.75) is 58.9 Å². The van der Waals surface area contributed by atoms with Crippen molar-refractivity contribution in [3.63, 3.8) is 0 Å². The minimum atomic E-state index is -0.410. The SMILES string of the molecule is CCOC(=O)C1(NCC(C)C)CCC(C)CC1. The van der Waals surface area contributed by atoms with Crippen LogP contribution in [0.2, 0.25) is 0 Å². The Kier molecular flexibility index (Phi) is 5.44. The predicted molar refractivity (Wildman–Crippen MR) is 69.8 cm³/mol. The highest BCUT2D eigenvalue weighted by molar-refractivity contribution is 5.81. The molecule has 0 aliphatic heterocycles. The van der Waals surface area contributed by atoms with Crippen molar-refractivity contribution in [2.24, 2.45) is 11.8 Å². The maximum absolute atomic E-state index is 12.2. The lowest BCUT2D eigenvalue weighted by Crippen LogP contribution is -2.55. The van der Waals surface area contributed by atoms with Crippen LogP contribution in [0, 0.1) is 11.8 Å². The summed E-state index contributed by atoms with van der Waals surface area (Å²) in [6, 6.07) is 0. The van der Waals surface area contributed by atoms with Gasteiger partial charge in [0.15, 0.2) is 0 Å². The van der Waals surface area contributed by atoms with Crippen molar-refractivity contribution < 1.29 is 9.53 Å². The van der Waals surface area contributed by atoms with Gasteiger partial charge in [-0.05, 0) is 51.0 Å². The van der Waals surface area contributed by atoms with Crippen LogP contribution in [0.4, 0.5) is 0 Å². The summed E-state index contributed by atoms with van der Waals surface area (Å²) in [5.41, 5.74) is -0.410. The maximum Gasteiger partial charge on any atom is 0.326 e. The third-order valence-electron chi connectivity index (χ3n) is 3.64. The number of nitrogens with one attached hydrogen (secondary N) is 1. The fourth-order valence-electron chi connectivity index (χ4n) is 2.38. The lowest BCUT2D eigenvalue weighted by molar-refractivity contribution is -0.153. The van der Waals surface area contributed by atoms with Crippen LogP contribution in [0.15, 0.2) is 0 Å². The Labute approximate surface area is 105 Å². The van der Waals surface area contributed by atoms with Crippen LogP contribution in [0.3, 0.4) is 0 Å². The number of rotatable bonds is 5. The molecule has 1 aliphatic rings. The zero-order valence-electron chi connectivity index (χ0n) is 11.7. The molecule has 1 N–H and O–H groups in total. The predicted octanol–water partition coefficient (Wildman–Crippen LogP) is 2.74. The summed E-state index contributed by atoms with van der Waals surface area (Å²) in [7, 11) is 0. The molecule has 1 fully saturated rings. The topological polar surface area (TPSA) is 38.3 Å². The van der Waals surface area contributed by atoms with E-state index in [0.717, 1.165) is 38.1 Å². The molecule has 0 heterocycles. The summed E-state index contributed by atoms with van der Waals surface area (Å²) >= 11 is 0. The zero-order valence-corrected chi connectivity index (χ0v) is 11.7. The molecule has 0 aromatic rings. The van der Waals surface area contributed by atoms with Gasteiger partial charge in [0, 0.05) is 0 Å². The molecular formula is C14H27NO2. The molecule has 0 aromatic heterocycles. The number of ether oxygens (including phenoxy) is 1. The van der Waals surface area contributed by atoms with Crippen molar-refractivity contribution >= 4 is 5.97 Å². The van der Waals surface area contributed by atoms with E-state index in [-0.39, 0.29) is 5.97 Å². The molecule has 1 saturated carbocycles. The van der Waals surface area contributed by atoms with Gasteiger partial charge in [0.1, 0.15) is 5.54 Å². The van der Waals surface area contributed by atoms with Crippen LogP contribution in [0.25, 0.3) is 0 Å². The standard InChI is InChI=1S/C14H27NO2/c1-5-17-13(16)14(15-10-11(2)3)8-6-12(4)7-9-14/h11-12,15H,5-10H2,1-4H3. The molecule has 17 heavy (non-hydrogen) atoms. The van der Waals surface area contributed by atoms with Gasteiger partial charge in [0.2, 0.25) is 0 Å². The third kappa shape index (κ3) is 3.98. The van der Waals surface area contributed by atoms with E-state index in [0.29, 0.717) is 12.5 Å². The second-order valence-electron chi connectivity index (χ2n) is 5.76. The Bertz CT molecular complexity index is 243. The lowest BCUT2D eigenvalue weighted by Gasteiger charge is -2.38. The summed E-state index contributed by atoms with van der Waals surface area (Å²) in [5.74, 6) is 1.24. The highest BCUT2D eigenvalue weighted by atomic mass is 16.5. The molecule has 0 radical (unpaired) electrons. The van der Waals surface area contributed by atoms with Crippen LogP contribution in [0.5, 0.6) is 0 Å². The zero-order chi connectivity index (χ0) is 12.9. The van der Waals surface area contributed by atoms with Gasteiger partial charge >= 0.3 is 5.97 Å². The number of hydrogen-bond acceptors (Lipinski definition) is 3. The molecule has 0 spiro atoms. The molecule has 0 aromatic carbocycles. The van der Waals surface area contributed by atoms with E-state index >= 15 is 0 Å². The number of esters is 1. The Morgan fingerprint density at radius 3 is 2.47 bits per heavy atom. The molecule has 0 bridgehead atoms. The molecule has 3 heteroatoms. The van der Waals surface area contributed by atoms with Crippen molar-refractivity contribution in [1.82, 2.24) is 5.32 Å². The minimum absolute atomic E-state index is 0.0486. The van der Waals surface area contributed by atoms with E-state index in [1.165, 1.54) is 0 Å². The summed E-state index contributed by atoms with van der Waals surface area (Å²) in [6.07, 6.45) is 4.06. The van der Waals surface area contributed by atoms with E-state index in [2.05, 4.69) is 26.1 Å². The number of hydrogen-bond donors (Lipinski definition) is 1. The molecule has 0 saturated heterocycles. The minimum Gasteiger partial charge on any atom is -0.465 e. The molecule has 0 unspecified atom stereocenters. The summed E-state index contributed by atoms with van der Waals surface area (Å²) in [6.45, 7) is 9.82. The first kappa shape index (κ1) is 14.5. The normalized spacial score (nSPS) is 29.4. The fraction of sp³-hybridized carbons (Fsp3) is 0.929. The smallest absolute Gasteiger partial charge is 0.326 e. The number of carbonyl (C=O) groups excluding carboxylic acids is 1. The van der Waals surface area contributed by atoms with Crippen LogP contribution in [0.1, 0.15) is 53.4 Å². The molecule has 3 nitrogen and oxygen atoms in total. The molecule has 1 rings (SSSR count). The highest BCUT2D eigenvalue weighted by Crippen LogP contribution is 2.33. The average molecular weight is 241 g/mol. The van der Waals surface area contributed by atoms with Gasteiger partial charge in [0.05, 0.1) is 6.61 Å². The summed E-state index contributed by atoms with van der Waals surface area (Å²) < 4.78 is 5.25. The quantitative estimate of drug-likeness (QED) is 0.752. The Hall–Kier alpha value is -0.570. The molecule has 1 aliphatic carbocycles. The first-order valence-electron chi connectivity index (χ1n) is 6.92. The molecule has 0 atom stereocenters. The maximum atomic E-state index is 12.2. The first-order chi connectivity index (χ1) is 8.00. The molecular weight excluding hydrogens is 214 g/mol. The third-order valence-corrected chi connectivity index (χ3v) is 3.64. The van der Waals surface area contributed by atoms with Crippen LogP contribution in [-0.4, -0.2) is 24.7 Å². The van der Waals surface area contributed by atoms with Gasteiger partial charge in [-0.2, -0.15) is 0 Å². The van der Waals surface area contributed by atoms with Gasteiger partial charge in [-0.1, -0.05) is 20.8 Å². The van der Waals surface area contributed by atoms with Crippen LogP contribution < -0.4 is 5.32 Å². The van der Waals surface area contributed by atoms with Gasteiger partial charge in [-0.15, -0.1) is 0 Å². The van der Waals surface area contributed by atoms with Crippen LogP contribution in [-0.2, 0) is 9.53 Å².